The van der Waals surface area contributed by atoms with Crippen molar-refractivity contribution in [1.82, 2.24) is 0 Å². The molecule has 2 aromatic carbocycles. The summed E-state index contributed by atoms with van der Waals surface area (Å²) in [6.07, 6.45) is 1.98. The van der Waals surface area contributed by atoms with Crippen LogP contribution in [-0.4, -0.2) is 11.9 Å². The molecule has 118 valence electrons. The molecule has 0 aliphatic rings. The molecule has 6 heteroatoms. The summed E-state index contributed by atoms with van der Waals surface area (Å²) in [5, 5.41) is 2.53. The summed E-state index contributed by atoms with van der Waals surface area (Å²) in [6.45, 7) is 0.594. The maximum absolute atomic E-state index is 6.13. The van der Waals surface area contributed by atoms with Gasteiger partial charge in [-0.05, 0) is 43.2 Å². The average molecular weight is 425 g/mol. The molecule has 0 unspecified atom stereocenters. The SMILES string of the molecule is Clc1ccc(Oc2ccc(Cl)cc2OCCCCBr)c(Cl)c1. The highest BCUT2D eigenvalue weighted by Gasteiger charge is 2.10. The van der Waals surface area contributed by atoms with Crippen LogP contribution in [0.4, 0.5) is 0 Å². The maximum atomic E-state index is 6.13. The Balaban J connectivity index is 2.15. The van der Waals surface area contributed by atoms with Crippen LogP contribution in [0, 0.1) is 0 Å². The zero-order valence-electron chi connectivity index (χ0n) is 11.6. The summed E-state index contributed by atoms with van der Waals surface area (Å²) in [6, 6.07) is 10.3. The number of alkyl halides is 1. The van der Waals surface area contributed by atoms with Gasteiger partial charge >= 0.3 is 0 Å². The molecule has 22 heavy (non-hydrogen) atoms. The molecule has 0 bridgehead atoms. The van der Waals surface area contributed by atoms with E-state index in [1.807, 2.05) is 0 Å². The third-order valence-electron chi connectivity index (χ3n) is 2.81. The molecule has 0 amide bonds. The summed E-state index contributed by atoms with van der Waals surface area (Å²) < 4.78 is 11.6. The third kappa shape index (κ3) is 5.24. The second kappa shape index (κ2) is 8.88. The zero-order chi connectivity index (χ0) is 15.9. The van der Waals surface area contributed by atoms with Crippen molar-refractivity contribution in [2.75, 3.05) is 11.9 Å². The van der Waals surface area contributed by atoms with Crippen molar-refractivity contribution >= 4 is 50.7 Å². The normalized spacial score (nSPS) is 10.5. The van der Waals surface area contributed by atoms with E-state index in [1.165, 1.54) is 0 Å². The monoisotopic (exact) mass is 422 g/mol. The number of benzene rings is 2. The van der Waals surface area contributed by atoms with Gasteiger partial charge in [-0.3, -0.25) is 0 Å². The van der Waals surface area contributed by atoms with Gasteiger partial charge in [0.15, 0.2) is 11.5 Å². The van der Waals surface area contributed by atoms with Crippen molar-refractivity contribution in [1.29, 1.82) is 0 Å². The van der Waals surface area contributed by atoms with Crippen molar-refractivity contribution in [2.45, 2.75) is 12.8 Å². The van der Waals surface area contributed by atoms with Crippen molar-refractivity contribution in [3.63, 3.8) is 0 Å². The molecule has 2 rings (SSSR count). The van der Waals surface area contributed by atoms with Crippen LogP contribution < -0.4 is 9.47 Å². The molecule has 0 atom stereocenters. The van der Waals surface area contributed by atoms with Crippen molar-refractivity contribution in [2.24, 2.45) is 0 Å². The van der Waals surface area contributed by atoms with E-state index in [9.17, 15) is 0 Å². The molecule has 0 N–H and O–H groups in total. The molecular formula is C16H14BrCl3O2. The molecule has 0 saturated carbocycles. The van der Waals surface area contributed by atoms with Gasteiger partial charge in [0.1, 0.15) is 5.75 Å². The number of hydrogen-bond acceptors (Lipinski definition) is 2. The summed E-state index contributed by atoms with van der Waals surface area (Å²) in [5.41, 5.74) is 0. The molecule has 0 aliphatic carbocycles. The van der Waals surface area contributed by atoms with Crippen LogP contribution in [-0.2, 0) is 0 Å². The van der Waals surface area contributed by atoms with Gasteiger partial charge in [0.05, 0.1) is 11.6 Å². The van der Waals surface area contributed by atoms with Crippen LogP contribution in [0.25, 0.3) is 0 Å². The summed E-state index contributed by atoms with van der Waals surface area (Å²) in [5.74, 6) is 1.67. The van der Waals surface area contributed by atoms with Gasteiger partial charge < -0.3 is 9.47 Å². The van der Waals surface area contributed by atoms with E-state index in [0.717, 1.165) is 18.2 Å². The second-order valence-electron chi connectivity index (χ2n) is 4.51. The molecule has 0 heterocycles. The number of hydrogen-bond donors (Lipinski definition) is 0. The van der Waals surface area contributed by atoms with Crippen molar-refractivity contribution in [3.05, 3.63) is 51.5 Å². The molecule has 0 radical (unpaired) electrons. The molecule has 0 aromatic heterocycles. The van der Waals surface area contributed by atoms with Crippen molar-refractivity contribution < 1.29 is 9.47 Å². The van der Waals surface area contributed by atoms with E-state index in [1.54, 1.807) is 36.4 Å². The number of halogens is 4. The van der Waals surface area contributed by atoms with Crippen LogP contribution in [0.1, 0.15) is 12.8 Å². The minimum Gasteiger partial charge on any atom is -0.490 e. The minimum atomic E-state index is 0.438. The highest BCUT2D eigenvalue weighted by molar-refractivity contribution is 9.09. The molecule has 0 spiro atoms. The minimum absolute atomic E-state index is 0.438. The van der Waals surface area contributed by atoms with Gasteiger partial charge in [-0.25, -0.2) is 0 Å². The standard InChI is InChI=1S/C16H14BrCl3O2/c17-7-1-2-8-21-16-10-12(19)4-6-15(16)22-14-5-3-11(18)9-13(14)20/h3-6,9-10H,1-2,7-8H2. The topological polar surface area (TPSA) is 18.5 Å². The Morgan fingerprint density at radius 1 is 0.818 bits per heavy atom. The van der Waals surface area contributed by atoms with Gasteiger partial charge in [0.2, 0.25) is 0 Å². The molecular weight excluding hydrogens is 410 g/mol. The van der Waals surface area contributed by atoms with E-state index in [4.69, 9.17) is 44.3 Å². The van der Waals surface area contributed by atoms with E-state index < -0.39 is 0 Å². The van der Waals surface area contributed by atoms with Crippen LogP contribution in [0.3, 0.4) is 0 Å². The second-order valence-corrected chi connectivity index (χ2v) is 6.59. The average Bonchev–Trinajstić information content (AvgIpc) is 2.48. The maximum Gasteiger partial charge on any atom is 0.169 e. The van der Waals surface area contributed by atoms with Crippen molar-refractivity contribution in [3.8, 4) is 17.2 Å². The van der Waals surface area contributed by atoms with Gasteiger partial charge in [-0.2, -0.15) is 0 Å². The van der Waals surface area contributed by atoms with Gasteiger partial charge in [-0.1, -0.05) is 50.7 Å². The fourth-order valence-electron chi connectivity index (χ4n) is 1.73. The molecule has 0 fully saturated rings. The van der Waals surface area contributed by atoms with Crippen LogP contribution in [0.2, 0.25) is 15.1 Å². The lowest BCUT2D eigenvalue weighted by Crippen LogP contribution is -1.99. The fraction of sp³-hybridized carbons (Fsp3) is 0.250. The van der Waals surface area contributed by atoms with E-state index in [2.05, 4.69) is 15.9 Å². The summed E-state index contributed by atoms with van der Waals surface area (Å²) in [7, 11) is 0. The number of unbranched alkanes of at least 4 members (excludes halogenated alkanes) is 1. The lowest BCUT2D eigenvalue weighted by Gasteiger charge is -2.13. The number of rotatable bonds is 7. The van der Waals surface area contributed by atoms with E-state index >= 15 is 0 Å². The van der Waals surface area contributed by atoms with Gasteiger partial charge in [0, 0.05) is 21.4 Å². The lowest BCUT2D eigenvalue weighted by molar-refractivity contribution is 0.296. The molecule has 0 aliphatic heterocycles. The fourth-order valence-corrected chi connectivity index (χ4v) is 2.74. The Kier molecular flexibility index (Phi) is 7.16. The van der Waals surface area contributed by atoms with Crippen LogP contribution in [0.15, 0.2) is 36.4 Å². The predicted molar refractivity (Wildman–Crippen MR) is 96.5 cm³/mol. The molecule has 0 saturated heterocycles. The lowest BCUT2D eigenvalue weighted by atomic mass is 10.3. The van der Waals surface area contributed by atoms with Crippen LogP contribution in [0.5, 0.6) is 17.2 Å². The van der Waals surface area contributed by atoms with Gasteiger partial charge in [0.25, 0.3) is 0 Å². The predicted octanol–water partition coefficient (Wildman–Crippen LogP) is 6.99. The Morgan fingerprint density at radius 3 is 2.18 bits per heavy atom. The third-order valence-corrected chi connectivity index (χ3v) is 4.13. The van der Waals surface area contributed by atoms with Crippen LogP contribution >= 0.6 is 50.7 Å². The highest BCUT2D eigenvalue weighted by Crippen LogP contribution is 2.37. The first-order valence-corrected chi connectivity index (χ1v) is 8.97. The zero-order valence-corrected chi connectivity index (χ0v) is 15.5. The summed E-state index contributed by atoms with van der Waals surface area (Å²) in [4.78, 5) is 0. The Hall–Kier alpha value is -0.610. The smallest absolute Gasteiger partial charge is 0.169 e. The largest absolute Gasteiger partial charge is 0.490 e. The molecule has 2 aromatic rings. The molecule has 2 nitrogen and oxygen atoms in total. The highest BCUT2D eigenvalue weighted by atomic mass is 79.9. The first-order valence-electron chi connectivity index (χ1n) is 6.71. The first-order chi connectivity index (χ1) is 10.6. The van der Waals surface area contributed by atoms with Gasteiger partial charge in [-0.15, -0.1) is 0 Å². The number of ether oxygens (including phenoxy) is 2. The Labute approximate surface area is 153 Å². The van der Waals surface area contributed by atoms with E-state index in [-0.39, 0.29) is 0 Å². The quantitative estimate of drug-likeness (QED) is 0.352. The summed E-state index contributed by atoms with van der Waals surface area (Å²) >= 11 is 21.4. The Morgan fingerprint density at radius 2 is 1.50 bits per heavy atom. The first kappa shape index (κ1) is 17.7. The Bertz CT molecular complexity index is 635. The van der Waals surface area contributed by atoms with E-state index in [0.29, 0.717) is 38.9 Å².